The van der Waals surface area contributed by atoms with Gasteiger partial charge in [-0.3, -0.25) is 9.78 Å². The minimum atomic E-state index is 0. The number of para-hydroxylation sites is 2. The quantitative estimate of drug-likeness (QED) is 0.154. The van der Waals surface area contributed by atoms with Gasteiger partial charge in [-0.25, -0.2) is 0 Å². The molecule has 0 atom stereocenters. The van der Waals surface area contributed by atoms with E-state index in [-0.39, 0.29) is 29.6 Å². The summed E-state index contributed by atoms with van der Waals surface area (Å²) in [5.41, 5.74) is 1.22. The second-order valence-corrected chi connectivity index (χ2v) is 7.02. The molecular formula is C24H35NaO2. The molecule has 0 bridgehead atoms. The number of rotatable bonds is 14. The fourth-order valence-corrected chi connectivity index (χ4v) is 3.16. The minimum absolute atomic E-state index is 0. The Labute approximate surface area is 187 Å². The summed E-state index contributed by atoms with van der Waals surface area (Å²) in [5, 5.41) is 0. The summed E-state index contributed by atoms with van der Waals surface area (Å²) in [5.74, 6) is 1.55. The van der Waals surface area contributed by atoms with Crippen LogP contribution in [0, 0.1) is 0 Å². The van der Waals surface area contributed by atoms with Gasteiger partial charge in [0.2, 0.25) is 0 Å². The molecule has 144 valence electrons. The van der Waals surface area contributed by atoms with Crippen molar-refractivity contribution in [2.24, 2.45) is 0 Å². The van der Waals surface area contributed by atoms with Crippen molar-refractivity contribution in [1.29, 1.82) is 0 Å². The van der Waals surface area contributed by atoms with E-state index >= 15 is 0 Å². The predicted molar refractivity (Wildman–Crippen MR) is 117 cm³/mol. The number of aryl methyl sites for hydroxylation is 1. The van der Waals surface area contributed by atoms with Gasteiger partial charge in [-0.05, 0) is 36.6 Å². The first-order chi connectivity index (χ1) is 12.9. The molecular weight excluding hydrogens is 343 g/mol. The van der Waals surface area contributed by atoms with Crippen molar-refractivity contribution in [3.05, 3.63) is 60.2 Å². The van der Waals surface area contributed by atoms with E-state index in [1.54, 1.807) is 0 Å². The molecule has 0 aromatic heterocycles. The van der Waals surface area contributed by atoms with Crippen molar-refractivity contribution < 1.29 is 9.78 Å². The maximum absolute atomic E-state index is 5.57. The summed E-state index contributed by atoms with van der Waals surface area (Å²) in [6, 6.07) is 17.8. The molecule has 0 aliphatic rings. The Bertz CT molecular complexity index is 586. The van der Waals surface area contributed by atoms with Crippen molar-refractivity contribution in [2.75, 3.05) is 0 Å². The van der Waals surface area contributed by atoms with Crippen LogP contribution >= 0.6 is 0 Å². The summed E-state index contributed by atoms with van der Waals surface area (Å²) in [4.78, 5) is 11.0. The average Bonchev–Trinajstić information content (AvgIpc) is 2.69. The summed E-state index contributed by atoms with van der Waals surface area (Å²) < 4.78 is 0. The monoisotopic (exact) mass is 378 g/mol. The number of benzene rings is 2. The third kappa shape index (κ3) is 10.8. The van der Waals surface area contributed by atoms with Crippen molar-refractivity contribution in [2.45, 2.75) is 77.6 Å². The first kappa shape index (κ1) is 24.1. The van der Waals surface area contributed by atoms with Gasteiger partial charge in [0.1, 0.15) is 0 Å². The molecule has 3 heteroatoms. The topological polar surface area (TPSA) is 18.5 Å². The van der Waals surface area contributed by atoms with E-state index in [4.69, 9.17) is 9.78 Å². The summed E-state index contributed by atoms with van der Waals surface area (Å²) >= 11 is 0. The molecule has 0 fully saturated rings. The fraction of sp³-hybridized carbons (Fsp3) is 0.500. The molecule has 27 heavy (non-hydrogen) atoms. The summed E-state index contributed by atoms with van der Waals surface area (Å²) in [7, 11) is 0. The van der Waals surface area contributed by atoms with E-state index in [0.717, 1.165) is 17.9 Å². The van der Waals surface area contributed by atoms with E-state index < -0.39 is 0 Å². The predicted octanol–water partition coefficient (Wildman–Crippen LogP) is 6.87. The van der Waals surface area contributed by atoms with Crippen LogP contribution in [-0.2, 0) is 6.42 Å². The van der Waals surface area contributed by atoms with Crippen LogP contribution in [0.5, 0.6) is 11.5 Å². The Morgan fingerprint density at radius 1 is 0.593 bits per heavy atom. The first-order valence-electron chi connectivity index (χ1n) is 10.4. The van der Waals surface area contributed by atoms with E-state index in [1.165, 1.54) is 69.8 Å². The third-order valence-electron chi connectivity index (χ3n) is 4.74. The molecule has 0 saturated heterocycles. The second kappa shape index (κ2) is 16.0. The molecule has 2 aromatic rings. The molecule has 0 unspecified atom stereocenters. The Morgan fingerprint density at radius 3 is 1.81 bits per heavy atom. The molecule has 0 saturated carbocycles. The Kier molecular flexibility index (Phi) is 14.3. The van der Waals surface area contributed by atoms with Crippen LogP contribution in [0.25, 0.3) is 0 Å². The molecule has 0 aliphatic heterocycles. The fourth-order valence-electron chi connectivity index (χ4n) is 3.16. The molecule has 0 spiro atoms. The molecule has 0 amide bonds. The van der Waals surface area contributed by atoms with Crippen LogP contribution in [0.15, 0.2) is 54.6 Å². The average molecular weight is 379 g/mol. The standard InChI is InChI=1S/C24H34O2.Na.H/c1-2-3-4-5-6-7-8-9-10-12-17-22-18-15-16-21-24(22)26-25-23-19-13-11-14-20-23;;/h11,13-16,18-21H,2-10,12,17H2,1H3;;. The molecule has 2 aromatic carbocycles. The molecule has 0 N–H and O–H groups in total. The van der Waals surface area contributed by atoms with Crippen molar-refractivity contribution in [3.8, 4) is 11.5 Å². The van der Waals surface area contributed by atoms with E-state index in [9.17, 15) is 0 Å². The SMILES string of the molecule is CCCCCCCCCCCCc1ccccc1OOc1ccccc1.[NaH]. The zero-order valence-electron chi connectivity index (χ0n) is 16.3. The molecule has 0 aliphatic carbocycles. The molecule has 2 rings (SSSR count). The summed E-state index contributed by atoms with van der Waals surface area (Å²) in [6.07, 6.45) is 14.6. The molecule has 0 radical (unpaired) electrons. The zero-order chi connectivity index (χ0) is 18.3. The normalized spacial score (nSPS) is 10.3. The second-order valence-electron chi connectivity index (χ2n) is 7.02. The number of unbranched alkanes of at least 4 members (excludes halogenated alkanes) is 9. The van der Waals surface area contributed by atoms with Crippen molar-refractivity contribution in [1.82, 2.24) is 0 Å². The first-order valence-corrected chi connectivity index (χ1v) is 10.4. The van der Waals surface area contributed by atoms with Crippen molar-refractivity contribution >= 4 is 29.6 Å². The molecule has 2 nitrogen and oxygen atoms in total. The Morgan fingerprint density at radius 2 is 1.15 bits per heavy atom. The Balaban J connectivity index is 0.00000364. The van der Waals surface area contributed by atoms with Gasteiger partial charge in [-0.2, -0.15) is 0 Å². The van der Waals surface area contributed by atoms with Crippen LogP contribution in [0.3, 0.4) is 0 Å². The van der Waals surface area contributed by atoms with Crippen LogP contribution < -0.4 is 9.78 Å². The Hall–Kier alpha value is -0.960. The van der Waals surface area contributed by atoms with Crippen LogP contribution in [0.2, 0.25) is 0 Å². The van der Waals surface area contributed by atoms with Crippen LogP contribution in [0.1, 0.15) is 76.7 Å². The van der Waals surface area contributed by atoms with Crippen LogP contribution in [-0.4, -0.2) is 29.6 Å². The third-order valence-corrected chi connectivity index (χ3v) is 4.74. The van der Waals surface area contributed by atoms with Gasteiger partial charge in [0.05, 0.1) is 0 Å². The van der Waals surface area contributed by atoms with Gasteiger partial charge < -0.3 is 0 Å². The van der Waals surface area contributed by atoms with E-state index in [2.05, 4.69) is 19.1 Å². The number of hydrogen-bond donors (Lipinski definition) is 0. The number of hydrogen-bond acceptors (Lipinski definition) is 2. The van der Waals surface area contributed by atoms with Gasteiger partial charge in [0, 0.05) is 0 Å². The van der Waals surface area contributed by atoms with Gasteiger partial charge in [0.25, 0.3) is 0 Å². The van der Waals surface area contributed by atoms with Crippen molar-refractivity contribution in [3.63, 3.8) is 0 Å². The van der Waals surface area contributed by atoms with E-state index in [1.807, 2.05) is 42.5 Å². The van der Waals surface area contributed by atoms with Gasteiger partial charge >= 0.3 is 29.6 Å². The van der Waals surface area contributed by atoms with Gasteiger partial charge in [0.15, 0.2) is 11.5 Å². The van der Waals surface area contributed by atoms with Gasteiger partial charge in [-0.1, -0.05) is 101 Å². The van der Waals surface area contributed by atoms with Gasteiger partial charge in [-0.15, -0.1) is 0 Å². The maximum atomic E-state index is 5.57. The summed E-state index contributed by atoms with van der Waals surface area (Å²) in [6.45, 7) is 2.27. The van der Waals surface area contributed by atoms with E-state index in [0.29, 0.717) is 0 Å². The van der Waals surface area contributed by atoms with Crippen LogP contribution in [0.4, 0.5) is 0 Å². The zero-order valence-corrected chi connectivity index (χ0v) is 16.3. The molecule has 0 heterocycles.